The van der Waals surface area contributed by atoms with Gasteiger partial charge in [0.1, 0.15) is 0 Å². The van der Waals surface area contributed by atoms with E-state index < -0.39 is 31.0 Å². The molecule has 0 aliphatic carbocycles. The second-order valence-electron chi connectivity index (χ2n) is 3.89. The number of aliphatic hydroxyl groups is 1. The Morgan fingerprint density at radius 1 is 0.667 bits per heavy atom. The van der Waals surface area contributed by atoms with Gasteiger partial charge in [-0.1, -0.05) is 0 Å². The number of carboxylic acids is 3. The van der Waals surface area contributed by atoms with Crippen LogP contribution in [0.4, 0.5) is 0 Å². The average Bonchev–Trinajstić information content (AvgIpc) is 2.23. The third-order valence-corrected chi connectivity index (χ3v) is 2.23. The Balaban J connectivity index is -0.00000162. The van der Waals surface area contributed by atoms with Gasteiger partial charge in [-0.05, 0) is 0 Å². The zero-order valence-corrected chi connectivity index (χ0v) is 16.4. The molecule has 0 amide bonds. The van der Waals surface area contributed by atoms with Crippen LogP contribution >= 0.6 is 0 Å². The quantitative estimate of drug-likeness (QED) is 0.294. The van der Waals surface area contributed by atoms with Gasteiger partial charge in [0, 0.05) is 78.7 Å². The van der Waals surface area contributed by atoms with Gasteiger partial charge in [-0.2, -0.15) is 0 Å². The Kier molecular flexibility index (Phi) is 19.0. The maximum atomic E-state index is 10.6. The van der Waals surface area contributed by atoms with Crippen molar-refractivity contribution in [1.82, 2.24) is 9.80 Å². The van der Waals surface area contributed by atoms with Crippen molar-refractivity contribution in [2.75, 3.05) is 45.9 Å². The van der Waals surface area contributed by atoms with E-state index in [1.807, 2.05) is 0 Å². The molecule has 0 heterocycles. The Morgan fingerprint density at radius 2 is 1.00 bits per heavy atom. The van der Waals surface area contributed by atoms with Crippen molar-refractivity contribution < 1.29 is 34.8 Å². The van der Waals surface area contributed by atoms with E-state index in [4.69, 9.17) is 20.4 Å². The molecular weight excluding hydrogens is 306 g/mol. The summed E-state index contributed by atoms with van der Waals surface area (Å²) in [5, 5.41) is 34.7. The number of nitrogens with zero attached hydrogens (tertiary/aromatic N) is 2. The molecule has 2 radical (unpaired) electrons. The molecule has 21 heavy (non-hydrogen) atoms. The predicted molar refractivity (Wildman–Crippen MR) is 74.4 cm³/mol. The van der Waals surface area contributed by atoms with Crippen molar-refractivity contribution >= 4 is 77.0 Å². The summed E-state index contributed by atoms with van der Waals surface area (Å²) in [5.74, 6) is -3.39. The van der Waals surface area contributed by atoms with Crippen LogP contribution in [-0.2, 0) is 14.4 Å². The fraction of sp³-hybridized carbons (Fsp3) is 0.700. The largest absolute Gasteiger partial charge is 0.480 e. The van der Waals surface area contributed by atoms with Crippen LogP contribution in [0.25, 0.3) is 0 Å². The van der Waals surface area contributed by atoms with Crippen LogP contribution in [0.2, 0.25) is 0 Å². The topological polar surface area (TPSA) is 139 Å². The molecule has 0 fully saturated rings. The molecule has 0 aromatic heterocycles. The number of hydrogen-bond donors (Lipinski definition) is 4. The Hall–Kier alpha value is 0.290. The van der Waals surface area contributed by atoms with E-state index in [0.717, 1.165) is 0 Å². The molecule has 4 N–H and O–H groups in total. The van der Waals surface area contributed by atoms with E-state index in [1.165, 1.54) is 9.80 Å². The summed E-state index contributed by atoms with van der Waals surface area (Å²) in [6.45, 7) is -1.03. The number of hydrogen-bond acceptors (Lipinski definition) is 6. The monoisotopic (exact) mass is 324 g/mol. The van der Waals surface area contributed by atoms with E-state index in [-0.39, 0.29) is 91.9 Å². The first kappa shape index (κ1) is 26.2. The minimum absolute atomic E-state index is 0. The first-order valence-electron chi connectivity index (χ1n) is 5.56. The van der Waals surface area contributed by atoms with Gasteiger partial charge < -0.3 is 20.4 Å². The number of aliphatic hydroxyl groups excluding tert-OH is 1. The van der Waals surface area contributed by atoms with Gasteiger partial charge in [0.2, 0.25) is 0 Å². The van der Waals surface area contributed by atoms with Crippen LogP contribution < -0.4 is 0 Å². The van der Waals surface area contributed by atoms with Gasteiger partial charge in [-0.15, -0.1) is 0 Å². The summed E-state index contributed by atoms with van der Waals surface area (Å²) in [5.41, 5.74) is 0. The van der Waals surface area contributed by atoms with Crippen molar-refractivity contribution in [3.8, 4) is 0 Å². The molecule has 0 atom stereocenters. The van der Waals surface area contributed by atoms with Crippen LogP contribution in [0.3, 0.4) is 0 Å². The maximum absolute atomic E-state index is 10.6. The van der Waals surface area contributed by atoms with E-state index in [0.29, 0.717) is 0 Å². The summed E-state index contributed by atoms with van der Waals surface area (Å²) in [6.07, 6.45) is 0. The molecule has 11 heteroatoms. The molecule has 0 saturated heterocycles. The first-order chi connectivity index (χ1) is 8.85. The molecule has 0 bridgehead atoms. The molecule has 0 aromatic carbocycles. The van der Waals surface area contributed by atoms with Crippen LogP contribution in [0.15, 0.2) is 0 Å². The molecule has 0 aliphatic rings. The molecule has 0 aromatic rings. The fourth-order valence-corrected chi connectivity index (χ4v) is 1.48. The summed E-state index contributed by atoms with van der Waals surface area (Å²) in [7, 11) is 0. The Bertz CT molecular complexity index is 315. The van der Waals surface area contributed by atoms with Gasteiger partial charge >= 0.3 is 17.9 Å². The second kappa shape index (κ2) is 15.2. The summed E-state index contributed by atoms with van der Waals surface area (Å²) >= 11 is 0. The standard InChI is InChI=1S/C10H18N2O7.2Na/c13-4-3-11(5-8(14)15)1-2-12(6-9(16)17)7-10(18)19;;/h13H,1-7H2,(H,14,15)(H,16,17)(H,18,19);;. The molecule has 0 spiro atoms. The van der Waals surface area contributed by atoms with Gasteiger partial charge in [0.15, 0.2) is 0 Å². The number of rotatable bonds is 11. The van der Waals surface area contributed by atoms with E-state index in [1.54, 1.807) is 0 Å². The van der Waals surface area contributed by atoms with Crippen molar-refractivity contribution in [2.45, 2.75) is 0 Å². The SMILES string of the molecule is O=C(O)CN(CCO)CCN(CC(=O)O)CC(=O)O.[Na].[Na]. The van der Waals surface area contributed by atoms with Crippen LogP contribution in [0, 0.1) is 0 Å². The smallest absolute Gasteiger partial charge is 0.317 e. The number of aliphatic carboxylic acids is 3. The zero-order chi connectivity index (χ0) is 14.8. The van der Waals surface area contributed by atoms with Crippen molar-refractivity contribution in [2.24, 2.45) is 0 Å². The minimum atomic E-state index is -1.16. The van der Waals surface area contributed by atoms with Crippen molar-refractivity contribution in [3.05, 3.63) is 0 Å². The summed E-state index contributed by atoms with van der Waals surface area (Å²) in [6, 6.07) is 0. The molecule has 0 aliphatic heterocycles. The molecule has 9 nitrogen and oxygen atoms in total. The molecule has 0 saturated carbocycles. The van der Waals surface area contributed by atoms with Crippen LogP contribution in [0.5, 0.6) is 0 Å². The fourth-order valence-electron chi connectivity index (χ4n) is 1.48. The molecule has 112 valence electrons. The Labute approximate surface area is 166 Å². The maximum Gasteiger partial charge on any atom is 0.317 e. The molecule has 0 unspecified atom stereocenters. The zero-order valence-electron chi connectivity index (χ0n) is 12.4. The van der Waals surface area contributed by atoms with Gasteiger partial charge in [-0.3, -0.25) is 24.2 Å². The van der Waals surface area contributed by atoms with Crippen LogP contribution in [0.1, 0.15) is 0 Å². The average molecular weight is 324 g/mol. The second-order valence-corrected chi connectivity index (χ2v) is 3.89. The summed E-state index contributed by atoms with van der Waals surface area (Å²) < 4.78 is 0. The third-order valence-electron chi connectivity index (χ3n) is 2.23. The van der Waals surface area contributed by atoms with Crippen molar-refractivity contribution in [1.29, 1.82) is 0 Å². The predicted octanol–water partition coefficient (Wildman–Crippen LogP) is -2.93. The summed E-state index contributed by atoms with van der Waals surface area (Å²) in [4.78, 5) is 34.3. The van der Waals surface area contributed by atoms with E-state index in [2.05, 4.69) is 0 Å². The van der Waals surface area contributed by atoms with Gasteiger partial charge in [0.05, 0.1) is 26.2 Å². The van der Waals surface area contributed by atoms with Gasteiger partial charge in [-0.25, -0.2) is 0 Å². The van der Waals surface area contributed by atoms with Gasteiger partial charge in [0.25, 0.3) is 0 Å². The van der Waals surface area contributed by atoms with Crippen LogP contribution in [-0.4, -0.2) is 153 Å². The van der Waals surface area contributed by atoms with Crippen molar-refractivity contribution in [3.63, 3.8) is 0 Å². The Morgan fingerprint density at radius 3 is 1.33 bits per heavy atom. The normalized spacial score (nSPS) is 9.86. The minimum Gasteiger partial charge on any atom is -0.480 e. The third kappa shape index (κ3) is 16.5. The van der Waals surface area contributed by atoms with E-state index in [9.17, 15) is 14.4 Å². The molecular formula is C10H18N2Na2O7. The number of carboxylic acid groups (broad SMARTS) is 3. The van der Waals surface area contributed by atoms with E-state index >= 15 is 0 Å². The number of carbonyl (C=O) groups is 3. The molecule has 0 rings (SSSR count). The first-order valence-corrected chi connectivity index (χ1v) is 5.56.